The third kappa shape index (κ3) is 4.60. The number of carbonyl (C=O) groups excluding carboxylic acids is 2. The third-order valence-corrected chi connectivity index (χ3v) is 2.40. The van der Waals surface area contributed by atoms with Crippen LogP contribution in [0.15, 0.2) is 59.3 Å². The minimum absolute atomic E-state index is 0.390. The summed E-state index contributed by atoms with van der Waals surface area (Å²) < 4.78 is 0. The molecule has 110 valence electrons. The number of amides is 2. The van der Waals surface area contributed by atoms with Crippen LogP contribution in [-0.4, -0.2) is 34.2 Å². The Kier molecular flexibility index (Phi) is 5.45. The second-order valence-corrected chi connectivity index (χ2v) is 3.92. The van der Waals surface area contributed by atoms with E-state index in [1.807, 2.05) is 0 Å². The van der Waals surface area contributed by atoms with Crippen LogP contribution in [0, 0.1) is 0 Å². The number of carbonyl (C=O) groups is 2. The van der Waals surface area contributed by atoms with Gasteiger partial charge in [-0.05, 0) is 24.3 Å². The Bertz CT molecular complexity index is 623. The Labute approximate surface area is 126 Å². The zero-order chi connectivity index (χ0) is 15.6. The fraction of sp³-hybridized carbons (Fsp3) is 0. The molecule has 0 radical (unpaired) electrons. The maximum atomic E-state index is 11.6. The summed E-state index contributed by atoms with van der Waals surface area (Å²) in [5.74, 6) is -0.783. The minimum Gasteiger partial charge on any atom is -0.267 e. The van der Waals surface area contributed by atoms with E-state index >= 15 is 0 Å². The van der Waals surface area contributed by atoms with Crippen molar-refractivity contribution < 1.29 is 9.59 Å². The Hall–Kier alpha value is -3.42. The molecule has 8 heteroatoms. The molecule has 0 fully saturated rings. The highest BCUT2D eigenvalue weighted by atomic mass is 16.2. The van der Waals surface area contributed by atoms with Crippen molar-refractivity contribution in [1.29, 1.82) is 0 Å². The van der Waals surface area contributed by atoms with Gasteiger partial charge in [-0.1, -0.05) is 0 Å². The highest BCUT2D eigenvalue weighted by Crippen LogP contribution is 1.95. The smallest absolute Gasteiger partial charge is 0.267 e. The molecule has 8 nitrogen and oxygen atoms in total. The summed E-state index contributed by atoms with van der Waals surface area (Å²) in [4.78, 5) is 30.8. The van der Waals surface area contributed by atoms with Crippen molar-refractivity contribution in [2.24, 2.45) is 10.2 Å². The fourth-order valence-electron chi connectivity index (χ4n) is 1.38. The Morgan fingerprint density at radius 3 is 1.68 bits per heavy atom. The van der Waals surface area contributed by atoms with Crippen LogP contribution in [0.25, 0.3) is 0 Å². The van der Waals surface area contributed by atoms with Crippen LogP contribution in [-0.2, 0) is 0 Å². The molecule has 0 aliphatic carbocycles. The van der Waals surface area contributed by atoms with E-state index in [1.165, 1.54) is 24.8 Å². The van der Waals surface area contributed by atoms with Gasteiger partial charge in [0, 0.05) is 24.8 Å². The maximum absolute atomic E-state index is 11.6. The Morgan fingerprint density at radius 2 is 1.32 bits per heavy atom. The van der Waals surface area contributed by atoms with Gasteiger partial charge in [0.2, 0.25) is 0 Å². The van der Waals surface area contributed by atoms with E-state index in [1.54, 1.807) is 36.7 Å². The van der Waals surface area contributed by atoms with Crippen LogP contribution in [0.3, 0.4) is 0 Å². The van der Waals surface area contributed by atoms with Crippen molar-refractivity contribution >= 4 is 24.2 Å². The first-order valence-electron chi connectivity index (χ1n) is 6.23. The largest absolute Gasteiger partial charge is 0.272 e. The zero-order valence-corrected chi connectivity index (χ0v) is 11.4. The highest BCUT2D eigenvalue weighted by Gasteiger charge is 2.02. The first-order valence-corrected chi connectivity index (χ1v) is 6.23. The second kappa shape index (κ2) is 8.00. The molecule has 0 unspecified atom stereocenters. The van der Waals surface area contributed by atoms with Gasteiger partial charge >= 0.3 is 0 Å². The summed E-state index contributed by atoms with van der Waals surface area (Å²) in [7, 11) is 0. The number of hydrogen-bond donors (Lipinski definition) is 2. The van der Waals surface area contributed by atoms with E-state index < -0.39 is 11.8 Å². The van der Waals surface area contributed by atoms with E-state index in [0.29, 0.717) is 11.1 Å². The van der Waals surface area contributed by atoms with Crippen molar-refractivity contribution in [3.05, 3.63) is 60.2 Å². The first-order chi connectivity index (χ1) is 10.8. The summed E-state index contributed by atoms with van der Waals surface area (Å²) >= 11 is 0. The standard InChI is InChI=1S/C14H12N6O2/c21-13(11-3-1-5-15-9-11)19-17-7-8-18-20-14(22)12-4-2-6-16-10-12/h1-10H,(H,19,21)(H,20,22)/b17-7-,18-8-. The van der Waals surface area contributed by atoms with Crippen LogP contribution in [0.4, 0.5) is 0 Å². The molecular weight excluding hydrogens is 284 g/mol. The second-order valence-electron chi connectivity index (χ2n) is 3.92. The van der Waals surface area contributed by atoms with Gasteiger partial charge in [-0.3, -0.25) is 19.6 Å². The molecule has 2 rings (SSSR count). The number of pyridine rings is 2. The first kappa shape index (κ1) is 15.0. The number of rotatable bonds is 5. The van der Waals surface area contributed by atoms with Crippen LogP contribution < -0.4 is 10.9 Å². The lowest BCUT2D eigenvalue weighted by Gasteiger charge is -1.97. The fourth-order valence-corrected chi connectivity index (χ4v) is 1.38. The van der Waals surface area contributed by atoms with Crippen molar-refractivity contribution in [3.63, 3.8) is 0 Å². The molecule has 2 aromatic heterocycles. The molecule has 0 aromatic carbocycles. The van der Waals surface area contributed by atoms with Crippen molar-refractivity contribution in [3.8, 4) is 0 Å². The third-order valence-electron chi connectivity index (χ3n) is 2.40. The summed E-state index contributed by atoms with van der Waals surface area (Å²) in [5, 5.41) is 7.30. The number of nitrogens with zero attached hydrogens (tertiary/aromatic N) is 4. The van der Waals surface area contributed by atoms with Crippen LogP contribution in [0.5, 0.6) is 0 Å². The van der Waals surface area contributed by atoms with Gasteiger partial charge in [0.05, 0.1) is 23.6 Å². The predicted molar refractivity (Wildman–Crippen MR) is 80.4 cm³/mol. The molecule has 2 N–H and O–H groups in total. The van der Waals surface area contributed by atoms with Gasteiger partial charge in [0.25, 0.3) is 11.8 Å². The lowest BCUT2D eigenvalue weighted by atomic mass is 10.3. The zero-order valence-electron chi connectivity index (χ0n) is 11.4. The maximum Gasteiger partial charge on any atom is 0.272 e. The van der Waals surface area contributed by atoms with E-state index in [0.717, 1.165) is 0 Å². The lowest BCUT2D eigenvalue weighted by molar-refractivity contribution is 0.0946. The molecule has 0 aliphatic heterocycles. The summed E-state index contributed by atoms with van der Waals surface area (Å²) in [6.45, 7) is 0. The van der Waals surface area contributed by atoms with Gasteiger partial charge in [-0.2, -0.15) is 10.2 Å². The monoisotopic (exact) mass is 296 g/mol. The lowest BCUT2D eigenvalue weighted by Crippen LogP contribution is -2.19. The molecule has 0 saturated carbocycles. The van der Waals surface area contributed by atoms with Gasteiger partial charge in [-0.15, -0.1) is 0 Å². The average Bonchev–Trinajstić information content (AvgIpc) is 2.59. The van der Waals surface area contributed by atoms with E-state index in [-0.39, 0.29) is 0 Å². The average molecular weight is 296 g/mol. The summed E-state index contributed by atoms with van der Waals surface area (Å²) in [6, 6.07) is 6.52. The Morgan fingerprint density at radius 1 is 0.864 bits per heavy atom. The van der Waals surface area contributed by atoms with E-state index in [4.69, 9.17) is 0 Å². The minimum atomic E-state index is -0.392. The predicted octanol–water partition coefficient (Wildman–Crippen LogP) is 0.608. The summed E-state index contributed by atoms with van der Waals surface area (Å²) in [5.41, 5.74) is 5.37. The molecule has 2 heterocycles. The van der Waals surface area contributed by atoms with Crippen LogP contribution in [0.2, 0.25) is 0 Å². The molecule has 0 saturated heterocycles. The normalized spacial score (nSPS) is 10.7. The molecule has 0 aliphatic rings. The molecule has 0 spiro atoms. The molecule has 2 amide bonds. The van der Waals surface area contributed by atoms with Crippen molar-refractivity contribution in [2.45, 2.75) is 0 Å². The topological polar surface area (TPSA) is 109 Å². The van der Waals surface area contributed by atoms with Gasteiger partial charge in [0.15, 0.2) is 0 Å². The van der Waals surface area contributed by atoms with E-state index in [9.17, 15) is 9.59 Å². The number of hydrazone groups is 2. The molecule has 2 aromatic rings. The van der Waals surface area contributed by atoms with Gasteiger partial charge in [-0.25, -0.2) is 10.9 Å². The van der Waals surface area contributed by atoms with Crippen LogP contribution in [0.1, 0.15) is 20.7 Å². The molecule has 0 bridgehead atoms. The molecule has 0 atom stereocenters. The number of aromatic nitrogens is 2. The molecular formula is C14H12N6O2. The van der Waals surface area contributed by atoms with Gasteiger partial charge in [0.1, 0.15) is 0 Å². The number of nitrogens with one attached hydrogen (secondary N) is 2. The van der Waals surface area contributed by atoms with Gasteiger partial charge < -0.3 is 0 Å². The van der Waals surface area contributed by atoms with Crippen molar-refractivity contribution in [2.75, 3.05) is 0 Å². The summed E-state index contributed by atoms with van der Waals surface area (Å²) in [6.07, 6.45) is 8.45. The number of hydrogen-bond acceptors (Lipinski definition) is 6. The van der Waals surface area contributed by atoms with Crippen LogP contribution >= 0.6 is 0 Å². The van der Waals surface area contributed by atoms with E-state index in [2.05, 4.69) is 31.0 Å². The van der Waals surface area contributed by atoms with Crippen molar-refractivity contribution in [1.82, 2.24) is 20.8 Å². The SMILES string of the molecule is O=C(N/N=C\C=N/NC(=O)c1cccnc1)c1cccnc1. The molecule has 22 heavy (non-hydrogen) atoms. The Balaban J connectivity index is 1.76. The highest BCUT2D eigenvalue weighted by molar-refractivity contribution is 6.16. The quantitative estimate of drug-likeness (QED) is 0.622.